The normalized spacial score (nSPS) is 12.4. The van der Waals surface area contributed by atoms with Crippen molar-refractivity contribution in [2.75, 3.05) is 7.05 Å². The first kappa shape index (κ1) is 14.9. The minimum absolute atomic E-state index is 0.203. The molecule has 2 rings (SSSR count). The van der Waals surface area contributed by atoms with Crippen molar-refractivity contribution in [1.29, 1.82) is 0 Å². The van der Waals surface area contributed by atoms with Crippen molar-refractivity contribution in [2.24, 2.45) is 0 Å². The Kier molecular flexibility index (Phi) is 5.28. The topological polar surface area (TPSA) is 12.0 Å². The first-order valence-corrected chi connectivity index (χ1v) is 7.51. The van der Waals surface area contributed by atoms with E-state index in [1.165, 1.54) is 5.56 Å². The number of benzene rings is 2. The second-order valence-electron chi connectivity index (χ2n) is 4.34. The maximum atomic E-state index is 6.08. The molecule has 2 aromatic carbocycles. The first-order valence-electron chi connectivity index (χ1n) is 5.97. The van der Waals surface area contributed by atoms with Crippen molar-refractivity contribution in [3.63, 3.8) is 0 Å². The van der Waals surface area contributed by atoms with E-state index < -0.39 is 0 Å². The van der Waals surface area contributed by atoms with Gasteiger partial charge in [-0.25, -0.2) is 0 Å². The quantitative estimate of drug-likeness (QED) is 0.786. The van der Waals surface area contributed by atoms with E-state index in [4.69, 9.17) is 23.2 Å². The molecule has 1 unspecified atom stereocenters. The average Bonchev–Trinajstić information content (AvgIpc) is 2.41. The number of likely N-dealkylation sites (N-methyl/N-ethyl adjacent to an activating group) is 1. The Labute approximate surface area is 132 Å². The third-order valence-corrected chi connectivity index (χ3v) is 4.24. The number of nitrogens with one attached hydrogen (secondary N) is 1. The van der Waals surface area contributed by atoms with Crippen LogP contribution in [-0.4, -0.2) is 7.05 Å². The predicted molar refractivity (Wildman–Crippen MR) is 86.1 cm³/mol. The summed E-state index contributed by atoms with van der Waals surface area (Å²) in [6.45, 7) is 0. The zero-order valence-corrected chi connectivity index (χ0v) is 13.6. The molecule has 100 valence electrons. The van der Waals surface area contributed by atoms with E-state index in [1.54, 1.807) is 0 Å². The van der Waals surface area contributed by atoms with Gasteiger partial charge in [-0.2, -0.15) is 0 Å². The van der Waals surface area contributed by atoms with E-state index in [9.17, 15) is 0 Å². The van der Waals surface area contributed by atoms with Crippen molar-refractivity contribution < 1.29 is 0 Å². The van der Waals surface area contributed by atoms with E-state index in [2.05, 4.69) is 21.2 Å². The Hall–Kier alpha value is -0.540. The van der Waals surface area contributed by atoms with Gasteiger partial charge in [0.15, 0.2) is 0 Å². The molecule has 0 aliphatic rings. The fourth-order valence-corrected chi connectivity index (χ4v) is 2.83. The molecule has 19 heavy (non-hydrogen) atoms. The van der Waals surface area contributed by atoms with Gasteiger partial charge in [0.1, 0.15) is 0 Å². The van der Waals surface area contributed by atoms with Gasteiger partial charge in [0.25, 0.3) is 0 Å². The smallest absolute Gasteiger partial charge is 0.0410 e. The highest BCUT2D eigenvalue weighted by molar-refractivity contribution is 9.10. The lowest BCUT2D eigenvalue weighted by atomic mass is 9.99. The minimum Gasteiger partial charge on any atom is -0.313 e. The number of halogens is 3. The molecular formula is C15H14BrCl2N. The Morgan fingerprint density at radius 2 is 1.68 bits per heavy atom. The van der Waals surface area contributed by atoms with Gasteiger partial charge in [-0.1, -0.05) is 51.3 Å². The molecule has 4 heteroatoms. The largest absolute Gasteiger partial charge is 0.313 e. The van der Waals surface area contributed by atoms with Gasteiger partial charge in [-0.05, 0) is 54.9 Å². The molecule has 0 saturated carbocycles. The van der Waals surface area contributed by atoms with E-state index >= 15 is 0 Å². The van der Waals surface area contributed by atoms with Gasteiger partial charge >= 0.3 is 0 Å². The van der Waals surface area contributed by atoms with Crippen molar-refractivity contribution in [3.05, 3.63) is 68.1 Å². The maximum absolute atomic E-state index is 6.08. The van der Waals surface area contributed by atoms with Crippen LogP contribution in [0.5, 0.6) is 0 Å². The standard InChI is InChI=1S/C15H14BrCl2N/c1-19-15(8-10-2-4-11(17)5-3-10)13-9-12(18)6-7-14(13)16/h2-7,9,15,19H,8H2,1H3. The molecule has 0 amide bonds. The Morgan fingerprint density at radius 3 is 2.32 bits per heavy atom. The summed E-state index contributed by atoms with van der Waals surface area (Å²) in [5, 5.41) is 4.83. The third kappa shape index (κ3) is 3.96. The Balaban J connectivity index is 2.24. The number of hydrogen-bond donors (Lipinski definition) is 1. The summed E-state index contributed by atoms with van der Waals surface area (Å²) in [6, 6.07) is 14.0. The molecule has 0 bridgehead atoms. The van der Waals surface area contributed by atoms with E-state index in [1.807, 2.05) is 49.5 Å². The summed E-state index contributed by atoms with van der Waals surface area (Å²) in [4.78, 5) is 0. The molecule has 1 atom stereocenters. The SMILES string of the molecule is CNC(Cc1ccc(Cl)cc1)c1cc(Cl)ccc1Br. The van der Waals surface area contributed by atoms with Crippen LogP contribution in [-0.2, 0) is 6.42 Å². The molecule has 0 radical (unpaired) electrons. The monoisotopic (exact) mass is 357 g/mol. The van der Waals surface area contributed by atoms with Gasteiger partial charge in [0.05, 0.1) is 0 Å². The number of hydrogen-bond acceptors (Lipinski definition) is 1. The fourth-order valence-electron chi connectivity index (χ4n) is 2.01. The molecule has 0 fully saturated rings. The fraction of sp³-hybridized carbons (Fsp3) is 0.200. The van der Waals surface area contributed by atoms with E-state index in [0.29, 0.717) is 0 Å². The molecule has 0 aliphatic heterocycles. The molecule has 2 aromatic rings. The van der Waals surface area contributed by atoms with Crippen LogP contribution in [0.25, 0.3) is 0 Å². The van der Waals surface area contributed by atoms with Crippen LogP contribution < -0.4 is 5.32 Å². The average molecular weight is 359 g/mol. The highest BCUT2D eigenvalue weighted by Gasteiger charge is 2.13. The summed E-state index contributed by atoms with van der Waals surface area (Å²) < 4.78 is 1.06. The van der Waals surface area contributed by atoms with Crippen LogP contribution in [0.3, 0.4) is 0 Å². The second kappa shape index (κ2) is 6.76. The zero-order chi connectivity index (χ0) is 13.8. The lowest BCUT2D eigenvalue weighted by molar-refractivity contribution is 0.590. The van der Waals surface area contributed by atoms with Crippen molar-refractivity contribution in [2.45, 2.75) is 12.5 Å². The van der Waals surface area contributed by atoms with Crippen LogP contribution in [0.1, 0.15) is 17.2 Å². The molecule has 1 N–H and O–H groups in total. The molecule has 0 aromatic heterocycles. The Bertz CT molecular complexity index is 555. The third-order valence-electron chi connectivity index (χ3n) is 3.04. The highest BCUT2D eigenvalue weighted by atomic mass is 79.9. The van der Waals surface area contributed by atoms with E-state index in [-0.39, 0.29) is 6.04 Å². The zero-order valence-electron chi connectivity index (χ0n) is 10.5. The van der Waals surface area contributed by atoms with Crippen molar-refractivity contribution >= 4 is 39.1 Å². The summed E-state index contributed by atoms with van der Waals surface area (Å²) in [7, 11) is 1.95. The summed E-state index contributed by atoms with van der Waals surface area (Å²) >= 11 is 15.6. The molecule has 0 saturated heterocycles. The van der Waals surface area contributed by atoms with Crippen LogP contribution in [0.2, 0.25) is 10.0 Å². The minimum atomic E-state index is 0.203. The molecule has 0 spiro atoms. The van der Waals surface area contributed by atoms with Crippen LogP contribution in [0, 0.1) is 0 Å². The van der Waals surface area contributed by atoms with E-state index in [0.717, 1.165) is 26.5 Å². The lowest BCUT2D eigenvalue weighted by Crippen LogP contribution is -2.19. The summed E-state index contributed by atoms with van der Waals surface area (Å²) in [5.41, 5.74) is 2.39. The summed E-state index contributed by atoms with van der Waals surface area (Å²) in [5.74, 6) is 0. The number of rotatable bonds is 4. The highest BCUT2D eigenvalue weighted by Crippen LogP contribution is 2.29. The van der Waals surface area contributed by atoms with Gasteiger partial charge in [0, 0.05) is 20.6 Å². The second-order valence-corrected chi connectivity index (χ2v) is 6.06. The summed E-state index contributed by atoms with van der Waals surface area (Å²) in [6.07, 6.45) is 0.882. The van der Waals surface area contributed by atoms with Crippen LogP contribution >= 0.6 is 39.1 Å². The lowest BCUT2D eigenvalue weighted by Gasteiger charge is -2.18. The molecule has 0 aliphatic carbocycles. The Morgan fingerprint density at radius 1 is 1.05 bits per heavy atom. The van der Waals surface area contributed by atoms with Crippen molar-refractivity contribution in [3.8, 4) is 0 Å². The van der Waals surface area contributed by atoms with Gasteiger partial charge in [-0.15, -0.1) is 0 Å². The van der Waals surface area contributed by atoms with Crippen LogP contribution in [0.4, 0.5) is 0 Å². The van der Waals surface area contributed by atoms with Gasteiger partial charge < -0.3 is 5.32 Å². The van der Waals surface area contributed by atoms with Crippen LogP contribution in [0.15, 0.2) is 46.9 Å². The van der Waals surface area contributed by atoms with Gasteiger partial charge in [0.2, 0.25) is 0 Å². The van der Waals surface area contributed by atoms with Gasteiger partial charge in [-0.3, -0.25) is 0 Å². The molecule has 0 heterocycles. The molecule has 1 nitrogen and oxygen atoms in total. The van der Waals surface area contributed by atoms with Crippen molar-refractivity contribution in [1.82, 2.24) is 5.32 Å². The predicted octanol–water partition coefficient (Wildman–Crippen LogP) is 5.26. The maximum Gasteiger partial charge on any atom is 0.0410 e. The first-order chi connectivity index (χ1) is 9.10. The molecular weight excluding hydrogens is 345 g/mol.